The van der Waals surface area contributed by atoms with Gasteiger partial charge < -0.3 is 10.2 Å². The highest BCUT2D eigenvalue weighted by Crippen LogP contribution is 2.20. The lowest BCUT2D eigenvalue weighted by molar-refractivity contribution is 0.217. The van der Waals surface area contributed by atoms with Gasteiger partial charge >= 0.3 is 0 Å². The van der Waals surface area contributed by atoms with E-state index in [2.05, 4.69) is 33.3 Å². The number of likely N-dealkylation sites (tertiary alicyclic amines) is 1. The van der Waals surface area contributed by atoms with Crippen LogP contribution in [0, 0.1) is 5.92 Å². The Kier molecular flexibility index (Phi) is 3.60. The molecule has 0 bridgehead atoms. The van der Waals surface area contributed by atoms with Gasteiger partial charge in [-0.25, -0.2) is 9.97 Å². The number of fused-ring (bicyclic) bond motifs is 1. The molecule has 1 aliphatic rings. The molecule has 0 amide bonds. The minimum Gasteiger partial charge on any atom is -0.369 e. The van der Waals surface area contributed by atoms with Gasteiger partial charge in [0, 0.05) is 18.5 Å². The second-order valence-electron chi connectivity index (χ2n) is 5.39. The van der Waals surface area contributed by atoms with Crippen LogP contribution in [-0.4, -0.2) is 41.5 Å². The summed E-state index contributed by atoms with van der Waals surface area (Å²) in [4.78, 5) is 11.1. The highest BCUT2D eigenvalue weighted by molar-refractivity contribution is 5.88. The molecule has 3 rings (SSSR count). The molecule has 2 aromatic rings. The van der Waals surface area contributed by atoms with E-state index in [0.29, 0.717) is 5.92 Å². The zero-order valence-corrected chi connectivity index (χ0v) is 11.3. The summed E-state index contributed by atoms with van der Waals surface area (Å²) in [6.45, 7) is 3.40. The SMILES string of the molecule is CN1CCCC(CNc2ncnc3ccccc23)C1. The fraction of sp³-hybridized carbons (Fsp3) is 0.467. The standard InChI is InChI=1S/C15H20N4/c1-19-8-4-5-12(10-19)9-16-15-13-6-2-3-7-14(13)17-11-18-15/h2-3,6-7,11-12H,4-5,8-10H2,1H3,(H,16,17,18). The molecule has 0 saturated carbocycles. The Hall–Kier alpha value is -1.68. The van der Waals surface area contributed by atoms with Gasteiger partial charge in [-0.15, -0.1) is 0 Å². The number of nitrogens with zero attached hydrogens (tertiary/aromatic N) is 3. The third kappa shape index (κ3) is 2.84. The molecule has 0 radical (unpaired) electrons. The van der Waals surface area contributed by atoms with Crippen molar-refractivity contribution in [1.29, 1.82) is 0 Å². The van der Waals surface area contributed by atoms with E-state index >= 15 is 0 Å². The fourth-order valence-electron chi connectivity index (χ4n) is 2.83. The molecule has 4 nitrogen and oxygen atoms in total. The first-order valence-electron chi connectivity index (χ1n) is 6.95. The van der Waals surface area contributed by atoms with Crippen molar-refractivity contribution in [3.8, 4) is 0 Å². The molecule has 1 fully saturated rings. The van der Waals surface area contributed by atoms with E-state index in [1.165, 1.54) is 25.9 Å². The summed E-state index contributed by atoms with van der Waals surface area (Å²) in [5.74, 6) is 1.67. The van der Waals surface area contributed by atoms with Crippen molar-refractivity contribution >= 4 is 16.7 Å². The Morgan fingerprint density at radius 3 is 3.11 bits per heavy atom. The summed E-state index contributed by atoms with van der Waals surface area (Å²) in [6, 6.07) is 8.14. The van der Waals surface area contributed by atoms with Gasteiger partial charge in [0.25, 0.3) is 0 Å². The summed E-state index contributed by atoms with van der Waals surface area (Å²) in [7, 11) is 2.20. The Labute approximate surface area is 113 Å². The minimum absolute atomic E-state index is 0.715. The van der Waals surface area contributed by atoms with Crippen molar-refractivity contribution in [2.45, 2.75) is 12.8 Å². The van der Waals surface area contributed by atoms with Crippen molar-refractivity contribution in [3.05, 3.63) is 30.6 Å². The van der Waals surface area contributed by atoms with Gasteiger partial charge in [0.05, 0.1) is 5.52 Å². The zero-order valence-electron chi connectivity index (χ0n) is 11.3. The Morgan fingerprint density at radius 1 is 1.32 bits per heavy atom. The largest absolute Gasteiger partial charge is 0.369 e. The lowest BCUT2D eigenvalue weighted by atomic mass is 9.98. The number of hydrogen-bond acceptors (Lipinski definition) is 4. The molecular formula is C15H20N4. The van der Waals surface area contributed by atoms with Crippen LogP contribution in [0.15, 0.2) is 30.6 Å². The van der Waals surface area contributed by atoms with Crippen LogP contribution in [0.25, 0.3) is 10.9 Å². The van der Waals surface area contributed by atoms with E-state index in [-0.39, 0.29) is 0 Å². The molecule has 1 atom stereocenters. The molecule has 1 aromatic carbocycles. The van der Waals surface area contributed by atoms with Gasteiger partial charge in [-0.1, -0.05) is 12.1 Å². The van der Waals surface area contributed by atoms with E-state index in [9.17, 15) is 0 Å². The summed E-state index contributed by atoms with van der Waals surface area (Å²) in [6.07, 6.45) is 4.24. The van der Waals surface area contributed by atoms with Crippen LogP contribution in [0.5, 0.6) is 0 Å². The first-order chi connectivity index (χ1) is 9.33. The van der Waals surface area contributed by atoms with Crippen molar-refractivity contribution in [2.75, 3.05) is 32.0 Å². The number of hydrogen-bond donors (Lipinski definition) is 1. The number of piperidine rings is 1. The molecule has 19 heavy (non-hydrogen) atoms. The van der Waals surface area contributed by atoms with Crippen LogP contribution in [0.1, 0.15) is 12.8 Å². The highest BCUT2D eigenvalue weighted by atomic mass is 15.1. The van der Waals surface area contributed by atoms with Gasteiger partial charge in [0.15, 0.2) is 0 Å². The molecule has 100 valence electrons. The average molecular weight is 256 g/mol. The second-order valence-corrected chi connectivity index (χ2v) is 5.39. The maximum atomic E-state index is 4.37. The van der Waals surface area contributed by atoms with Gasteiger partial charge in [-0.2, -0.15) is 0 Å². The van der Waals surface area contributed by atoms with Gasteiger partial charge in [-0.3, -0.25) is 0 Å². The Balaban J connectivity index is 1.71. The monoisotopic (exact) mass is 256 g/mol. The van der Waals surface area contributed by atoms with E-state index in [1.807, 2.05) is 18.2 Å². The van der Waals surface area contributed by atoms with Crippen LogP contribution in [0.4, 0.5) is 5.82 Å². The van der Waals surface area contributed by atoms with E-state index in [0.717, 1.165) is 23.3 Å². The number of rotatable bonds is 3. The average Bonchev–Trinajstić information content (AvgIpc) is 2.45. The minimum atomic E-state index is 0.715. The van der Waals surface area contributed by atoms with Crippen LogP contribution in [0.3, 0.4) is 0 Å². The molecule has 1 saturated heterocycles. The third-order valence-electron chi connectivity index (χ3n) is 3.82. The second kappa shape index (κ2) is 5.53. The zero-order chi connectivity index (χ0) is 13.1. The van der Waals surface area contributed by atoms with Gasteiger partial charge in [0.2, 0.25) is 0 Å². The number of para-hydroxylation sites is 1. The summed E-state index contributed by atoms with van der Waals surface area (Å²) in [5, 5.41) is 4.61. The number of benzene rings is 1. The molecule has 1 aromatic heterocycles. The maximum absolute atomic E-state index is 4.37. The summed E-state index contributed by atoms with van der Waals surface area (Å²) < 4.78 is 0. The van der Waals surface area contributed by atoms with Crippen LogP contribution in [0.2, 0.25) is 0 Å². The Bertz CT molecular complexity index is 549. The molecule has 2 heterocycles. The van der Waals surface area contributed by atoms with Crippen LogP contribution in [-0.2, 0) is 0 Å². The topological polar surface area (TPSA) is 41.0 Å². The van der Waals surface area contributed by atoms with Crippen molar-refractivity contribution in [3.63, 3.8) is 0 Å². The molecule has 4 heteroatoms. The molecular weight excluding hydrogens is 236 g/mol. The smallest absolute Gasteiger partial charge is 0.137 e. The van der Waals surface area contributed by atoms with E-state index < -0.39 is 0 Å². The first-order valence-corrected chi connectivity index (χ1v) is 6.95. The number of aromatic nitrogens is 2. The number of nitrogens with one attached hydrogen (secondary N) is 1. The van der Waals surface area contributed by atoms with E-state index in [4.69, 9.17) is 0 Å². The summed E-state index contributed by atoms with van der Waals surface area (Å²) >= 11 is 0. The predicted molar refractivity (Wildman–Crippen MR) is 78.2 cm³/mol. The lowest BCUT2D eigenvalue weighted by Crippen LogP contribution is -2.35. The molecule has 0 spiro atoms. The predicted octanol–water partition coefficient (Wildman–Crippen LogP) is 2.38. The molecule has 1 unspecified atom stereocenters. The Morgan fingerprint density at radius 2 is 2.21 bits per heavy atom. The summed E-state index contributed by atoms with van der Waals surface area (Å²) in [5.41, 5.74) is 1.00. The molecule has 1 N–H and O–H groups in total. The molecule has 0 aliphatic carbocycles. The van der Waals surface area contributed by atoms with Crippen molar-refractivity contribution < 1.29 is 0 Å². The van der Waals surface area contributed by atoms with E-state index in [1.54, 1.807) is 6.33 Å². The lowest BCUT2D eigenvalue weighted by Gasteiger charge is -2.29. The van der Waals surface area contributed by atoms with Crippen molar-refractivity contribution in [1.82, 2.24) is 14.9 Å². The first kappa shape index (κ1) is 12.4. The highest BCUT2D eigenvalue weighted by Gasteiger charge is 2.17. The van der Waals surface area contributed by atoms with Crippen LogP contribution >= 0.6 is 0 Å². The normalized spacial score (nSPS) is 20.6. The maximum Gasteiger partial charge on any atom is 0.137 e. The van der Waals surface area contributed by atoms with Crippen LogP contribution < -0.4 is 5.32 Å². The quantitative estimate of drug-likeness (QED) is 0.915. The third-order valence-corrected chi connectivity index (χ3v) is 3.82. The van der Waals surface area contributed by atoms with Crippen molar-refractivity contribution in [2.24, 2.45) is 5.92 Å². The van der Waals surface area contributed by atoms with Gasteiger partial charge in [-0.05, 0) is 44.5 Å². The van der Waals surface area contributed by atoms with Gasteiger partial charge in [0.1, 0.15) is 12.1 Å². The molecule has 1 aliphatic heterocycles. The number of anilines is 1. The fourth-order valence-corrected chi connectivity index (χ4v) is 2.83.